The van der Waals surface area contributed by atoms with E-state index in [-0.39, 0.29) is 30.4 Å². The summed E-state index contributed by atoms with van der Waals surface area (Å²) in [6.07, 6.45) is 0.0277. The van der Waals surface area contributed by atoms with E-state index in [0.29, 0.717) is 22.1 Å². The molecule has 0 fully saturated rings. The van der Waals surface area contributed by atoms with Crippen molar-refractivity contribution in [3.63, 3.8) is 0 Å². The summed E-state index contributed by atoms with van der Waals surface area (Å²) in [7, 11) is 0. The molecule has 0 aliphatic rings. The van der Waals surface area contributed by atoms with E-state index in [1.165, 1.54) is 54.7 Å². The van der Waals surface area contributed by atoms with Crippen molar-refractivity contribution in [3.05, 3.63) is 70.2 Å². The monoisotopic (exact) mass is 417 g/mol. The van der Waals surface area contributed by atoms with Crippen molar-refractivity contribution in [1.29, 1.82) is 0 Å². The SMILES string of the molecule is CC(=O)Nc1cc(NC(=O)Cc2csc(COc3ccc(F)cc3)n2)ccc1F. The van der Waals surface area contributed by atoms with Crippen LogP contribution in [0.15, 0.2) is 47.8 Å². The molecule has 2 N–H and O–H groups in total. The average molecular weight is 417 g/mol. The van der Waals surface area contributed by atoms with E-state index in [4.69, 9.17) is 4.74 Å². The number of carbonyl (C=O) groups excluding carboxylic acids is 2. The fourth-order valence-corrected chi connectivity index (χ4v) is 3.14. The van der Waals surface area contributed by atoms with Crippen molar-refractivity contribution in [1.82, 2.24) is 4.98 Å². The summed E-state index contributed by atoms with van der Waals surface area (Å²) in [5, 5.41) is 7.42. The van der Waals surface area contributed by atoms with Crippen molar-refractivity contribution in [2.75, 3.05) is 10.6 Å². The number of thiazole rings is 1. The first-order valence-electron chi connectivity index (χ1n) is 8.57. The van der Waals surface area contributed by atoms with E-state index in [9.17, 15) is 18.4 Å². The highest BCUT2D eigenvalue weighted by Gasteiger charge is 2.11. The topological polar surface area (TPSA) is 80.3 Å². The van der Waals surface area contributed by atoms with Gasteiger partial charge in [-0.3, -0.25) is 9.59 Å². The van der Waals surface area contributed by atoms with Crippen LogP contribution in [0.5, 0.6) is 5.75 Å². The molecule has 0 radical (unpaired) electrons. The average Bonchev–Trinajstić information content (AvgIpc) is 3.11. The molecule has 150 valence electrons. The van der Waals surface area contributed by atoms with Gasteiger partial charge in [0.15, 0.2) is 0 Å². The molecule has 0 atom stereocenters. The van der Waals surface area contributed by atoms with Gasteiger partial charge in [-0.2, -0.15) is 0 Å². The van der Waals surface area contributed by atoms with Crippen LogP contribution in [-0.2, 0) is 22.6 Å². The third-order valence-electron chi connectivity index (χ3n) is 3.68. The van der Waals surface area contributed by atoms with Crippen LogP contribution in [0.3, 0.4) is 0 Å². The molecule has 9 heteroatoms. The van der Waals surface area contributed by atoms with Crippen LogP contribution < -0.4 is 15.4 Å². The summed E-state index contributed by atoms with van der Waals surface area (Å²) in [6.45, 7) is 1.47. The lowest BCUT2D eigenvalue weighted by molar-refractivity contribution is -0.116. The number of carbonyl (C=O) groups is 2. The number of anilines is 2. The summed E-state index contributed by atoms with van der Waals surface area (Å²) in [4.78, 5) is 27.7. The lowest BCUT2D eigenvalue weighted by Crippen LogP contribution is -2.15. The predicted molar refractivity (Wildman–Crippen MR) is 106 cm³/mol. The lowest BCUT2D eigenvalue weighted by atomic mass is 10.2. The van der Waals surface area contributed by atoms with Gasteiger partial charge in [-0.1, -0.05) is 0 Å². The maximum absolute atomic E-state index is 13.7. The van der Waals surface area contributed by atoms with Crippen molar-refractivity contribution >= 4 is 34.5 Å². The van der Waals surface area contributed by atoms with Gasteiger partial charge in [0.1, 0.15) is 29.0 Å². The molecule has 3 rings (SSSR count). The first kappa shape index (κ1) is 20.4. The van der Waals surface area contributed by atoms with Crippen molar-refractivity contribution in [3.8, 4) is 5.75 Å². The Hall–Kier alpha value is -3.33. The number of amides is 2. The Labute approximate surface area is 169 Å². The number of nitrogens with zero attached hydrogens (tertiary/aromatic N) is 1. The molecule has 29 heavy (non-hydrogen) atoms. The highest BCUT2D eigenvalue weighted by atomic mass is 32.1. The first-order chi connectivity index (χ1) is 13.9. The lowest BCUT2D eigenvalue weighted by Gasteiger charge is -2.08. The third-order valence-corrected chi connectivity index (χ3v) is 4.55. The highest BCUT2D eigenvalue weighted by molar-refractivity contribution is 7.09. The van der Waals surface area contributed by atoms with E-state index in [1.54, 1.807) is 5.38 Å². The Morgan fingerprint density at radius 1 is 1.10 bits per heavy atom. The Morgan fingerprint density at radius 3 is 2.59 bits per heavy atom. The minimum Gasteiger partial charge on any atom is -0.486 e. The van der Waals surface area contributed by atoms with Crippen LogP contribution in [0.4, 0.5) is 20.2 Å². The molecule has 1 aromatic heterocycles. The zero-order valence-corrected chi connectivity index (χ0v) is 16.2. The second kappa shape index (κ2) is 9.24. The van der Waals surface area contributed by atoms with Gasteiger partial charge in [0.2, 0.25) is 11.8 Å². The summed E-state index contributed by atoms with van der Waals surface area (Å²) >= 11 is 1.34. The standard InChI is InChI=1S/C20H17F2N3O3S/c1-12(26)23-18-8-14(4-7-17(18)22)24-19(27)9-15-11-29-20(25-15)10-28-16-5-2-13(21)3-6-16/h2-8,11H,9-10H2,1H3,(H,23,26)(H,24,27). The van der Waals surface area contributed by atoms with Gasteiger partial charge in [0.25, 0.3) is 0 Å². The minimum absolute atomic E-state index is 0.0100. The molecule has 0 aliphatic carbocycles. The molecule has 6 nitrogen and oxygen atoms in total. The third kappa shape index (κ3) is 6.08. The summed E-state index contributed by atoms with van der Waals surface area (Å²) < 4.78 is 32.1. The van der Waals surface area contributed by atoms with Gasteiger partial charge in [-0.05, 0) is 42.5 Å². The van der Waals surface area contributed by atoms with E-state index in [1.807, 2.05) is 0 Å². The fourth-order valence-electron chi connectivity index (χ4n) is 2.43. The molecular formula is C20H17F2N3O3S. The zero-order valence-electron chi connectivity index (χ0n) is 15.4. The summed E-state index contributed by atoms with van der Waals surface area (Å²) in [5.41, 5.74) is 0.911. The number of benzene rings is 2. The Balaban J connectivity index is 1.54. The van der Waals surface area contributed by atoms with E-state index < -0.39 is 11.7 Å². The number of hydrogen-bond donors (Lipinski definition) is 2. The molecule has 0 aliphatic heterocycles. The Bertz CT molecular complexity index is 1020. The molecule has 3 aromatic rings. The number of ether oxygens (including phenoxy) is 1. The number of hydrogen-bond acceptors (Lipinski definition) is 5. The molecule has 0 spiro atoms. The van der Waals surface area contributed by atoms with Crippen LogP contribution in [0.2, 0.25) is 0 Å². The van der Waals surface area contributed by atoms with E-state index >= 15 is 0 Å². The van der Waals surface area contributed by atoms with Crippen LogP contribution in [0, 0.1) is 11.6 Å². The fraction of sp³-hybridized carbons (Fsp3) is 0.150. The smallest absolute Gasteiger partial charge is 0.230 e. The predicted octanol–water partition coefficient (Wildman–Crippen LogP) is 4.14. The molecule has 2 amide bonds. The van der Waals surface area contributed by atoms with E-state index in [0.717, 1.165) is 6.07 Å². The molecular weight excluding hydrogens is 400 g/mol. The molecule has 0 bridgehead atoms. The second-order valence-electron chi connectivity index (χ2n) is 6.08. The molecule has 2 aromatic carbocycles. The number of nitrogens with one attached hydrogen (secondary N) is 2. The maximum atomic E-state index is 13.7. The summed E-state index contributed by atoms with van der Waals surface area (Å²) in [5.74, 6) is -1.16. The van der Waals surface area contributed by atoms with Crippen LogP contribution in [0.1, 0.15) is 17.6 Å². The highest BCUT2D eigenvalue weighted by Crippen LogP contribution is 2.20. The molecule has 0 unspecified atom stereocenters. The Kier molecular flexibility index (Phi) is 6.50. The van der Waals surface area contributed by atoms with Gasteiger partial charge < -0.3 is 15.4 Å². The van der Waals surface area contributed by atoms with Gasteiger partial charge >= 0.3 is 0 Å². The second-order valence-corrected chi connectivity index (χ2v) is 7.02. The maximum Gasteiger partial charge on any atom is 0.230 e. The van der Waals surface area contributed by atoms with Crippen molar-refractivity contribution < 1.29 is 23.1 Å². The first-order valence-corrected chi connectivity index (χ1v) is 9.45. The minimum atomic E-state index is -0.594. The van der Waals surface area contributed by atoms with Gasteiger partial charge in [-0.15, -0.1) is 11.3 Å². The van der Waals surface area contributed by atoms with Crippen LogP contribution in [0.25, 0.3) is 0 Å². The zero-order chi connectivity index (χ0) is 20.8. The van der Waals surface area contributed by atoms with Crippen molar-refractivity contribution in [2.45, 2.75) is 20.0 Å². The van der Waals surface area contributed by atoms with Crippen LogP contribution >= 0.6 is 11.3 Å². The quantitative estimate of drug-likeness (QED) is 0.606. The Morgan fingerprint density at radius 2 is 1.86 bits per heavy atom. The normalized spacial score (nSPS) is 10.4. The van der Waals surface area contributed by atoms with Gasteiger partial charge in [-0.25, -0.2) is 13.8 Å². The van der Waals surface area contributed by atoms with E-state index in [2.05, 4.69) is 15.6 Å². The van der Waals surface area contributed by atoms with Gasteiger partial charge in [0.05, 0.1) is 17.8 Å². The molecule has 0 saturated carbocycles. The number of halogens is 2. The van der Waals surface area contributed by atoms with Crippen molar-refractivity contribution in [2.24, 2.45) is 0 Å². The van der Waals surface area contributed by atoms with Crippen LogP contribution in [-0.4, -0.2) is 16.8 Å². The molecule has 0 saturated heterocycles. The molecule has 1 heterocycles. The summed E-state index contributed by atoms with van der Waals surface area (Å²) in [6, 6.07) is 9.57. The van der Waals surface area contributed by atoms with Gasteiger partial charge in [0, 0.05) is 18.0 Å². The largest absolute Gasteiger partial charge is 0.486 e. The number of rotatable bonds is 7. The number of aromatic nitrogens is 1.